The smallest absolute Gasteiger partial charge is 0.315 e. The van der Waals surface area contributed by atoms with E-state index in [0.29, 0.717) is 12.3 Å². The van der Waals surface area contributed by atoms with Crippen molar-refractivity contribution in [2.45, 2.75) is 39.7 Å². The van der Waals surface area contributed by atoms with E-state index in [-0.39, 0.29) is 18.6 Å². The van der Waals surface area contributed by atoms with Gasteiger partial charge in [-0.2, -0.15) is 0 Å². The molecule has 0 aromatic carbocycles. The number of carboxylic acids is 1. The fraction of sp³-hybridized carbons (Fsp3) is 0.857. The summed E-state index contributed by atoms with van der Waals surface area (Å²) in [5.74, 6) is -0.916. The number of carbonyl (C=O) groups is 2. The van der Waals surface area contributed by atoms with Gasteiger partial charge in [0.2, 0.25) is 0 Å². The van der Waals surface area contributed by atoms with Crippen LogP contribution in [0.3, 0.4) is 0 Å². The van der Waals surface area contributed by atoms with Crippen LogP contribution in [0.1, 0.15) is 33.6 Å². The minimum atomic E-state index is -0.875. The molecule has 0 aromatic rings. The molecule has 3 N–H and O–H groups in total. The number of rotatable bonds is 9. The van der Waals surface area contributed by atoms with Crippen molar-refractivity contribution in [2.24, 2.45) is 11.8 Å². The molecule has 0 heterocycles. The zero-order chi connectivity index (χ0) is 15.7. The average Bonchev–Trinajstić information content (AvgIpc) is 2.27. The van der Waals surface area contributed by atoms with Gasteiger partial charge in [-0.1, -0.05) is 20.8 Å². The number of urea groups is 1. The van der Waals surface area contributed by atoms with Crippen molar-refractivity contribution in [3.63, 3.8) is 0 Å². The first-order valence-corrected chi connectivity index (χ1v) is 7.18. The highest BCUT2D eigenvalue weighted by Gasteiger charge is 2.18. The van der Waals surface area contributed by atoms with Crippen molar-refractivity contribution in [3.05, 3.63) is 0 Å². The SMILES string of the molecule is CCC(CNC(=O)NC(CC(C)C)CN(C)C)C(=O)O. The van der Waals surface area contributed by atoms with Crippen molar-refractivity contribution >= 4 is 12.0 Å². The minimum absolute atomic E-state index is 0.0647. The van der Waals surface area contributed by atoms with E-state index in [1.54, 1.807) is 6.92 Å². The first kappa shape index (κ1) is 18.7. The average molecular weight is 287 g/mol. The molecule has 6 heteroatoms. The van der Waals surface area contributed by atoms with Gasteiger partial charge in [0.15, 0.2) is 0 Å². The Morgan fingerprint density at radius 2 is 1.85 bits per heavy atom. The number of likely N-dealkylation sites (N-methyl/N-ethyl adjacent to an activating group) is 1. The van der Waals surface area contributed by atoms with Crippen LogP contribution in [0.5, 0.6) is 0 Å². The summed E-state index contributed by atoms with van der Waals surface area (Å²) in [6.45, 7) is 6.95. The third-order valence-corrected chi connectivity index (χ3v) is 3.03. The van der Waals surface area contributed by atoms with E-state index in [1.165, 1.54) is 0 Å². The van der Waals surface area contributed by atoms with Crippen molar-refractivity contribution < 1.29 is 14.7 Å². The van der Waals surface area contributed by atoms with Crippen LogP contribution in [0.4, 0.5) is 4.79 Å². The van der Waals surface area contributed by atoms with Gasteiger partial charge in [-0.15, -0.1) is 0 Å². The molecule has 118 valence electrons. The molecule has 2 atom stereocenters. The zero-order valence-corrected chi connectivity index (χ0v) is 13.3. The second-order valence-electron chi connectivity index (χ2n) is 5.89. The number of carbonyl (C=O) groups excluding carboxylic acids is 1. The van der Waals surface area contributed by atoms with E-state index in [0.717, 1.165) is 13.0 Å². The van der Waals surface area contributed by atoms with E-state index in [9.17, 15) is 9.59 Å². The van der Waals surface area contributed by atoms with Gasteiger partial charge in [-0.3, -0.25) is 4.79 Å². The lowest BCUT2D eigenvalue weighted by Gasteiger charge is -2.24. The summed E-state index contributed by atoms with van der Waals surface area (Å²) < 4.78 is 0. The molecular weight excluding hydrogens is 258 g/mol. The lowest BCUT2D eigenvalue weighted by Crippen LogP contribution is -2.48. The third-order valence-electron chi connectivity index (χ3n) is 3.03. The van der Waals surface area contributed by atoms with Gasteiger partial charge in [0.25, 0.3) is 0 Å². The van der Waals surface area contributed by atoms with Crippen molar-refractivity contribution in [3.8, 4) is 0 Å². The summed E-state index contributed by atoms with van der Waals surface area (Å²) in [4.78, 5) is 24.7. The molecule has 2 amide bonds. The van der Waals surface area contributed by atoms with Gasteiger partial charge < -0.3 is 20.6 Å². The van der Waals surface area contributed by atoms with E-state index in [1.807, 2.05) is 19.0 Å². The van der Waals surface area contributed by atoms with Crippen LogP contribution >= 0.6 is 0 Å². The molecular formula is C14H29N3O3. The number of hydrogen-bond donors (Lipinski definition) is 3. The van der Waals surface area contributed by atoms with Crippen molar-refractivity contribution in [1.29, 1.82) is 0 Å². The maximum atomic E-state index is 11.8. The summed E-state index contributed by atoms with van der Waals surface area (Å²) in [5, 5.41) is 14.5. The predicted molar refractivity (Wildman–Crippen MR) is 79.7 cm³/mol. The molecule has 0 saturated carbocycles. The molecule has 0 spiro atoms. The predicted octanol–water partition coefficient (Wildman–Crippen LogP) is 1.37. The van der Waals surface area contributed by atoms with E-state index in [2.05, 4.69) is 24.5 Å². The Labute approximate surface area is 121 Å². The van der Waals surface area contributed by atoms with Gasteiger partial charge in [0.05, 0.1) is 5.92 Å². The molecule has 0 rings (SSSR count). The fourth-order valence-corrected chi connectivity index (χ4v) is 2.05. The lowest BCUT2D eigenvalue weighted by atomic mass is 10.0. The summed E-state index contributed by atoms with van der Waals surface area (Å²) in [7, 11) is 3.93. The largest absolute Gasteiger partial charge is 0.481 e. The molecule has 0 saturated heterocycles. The molecule has 0 aliphatic carbocycles. The number of nitrogens with zero attached hydrogens (tertiary/aromatic N) is 1. The van der Waals surface area contributed by atoms with Crippen LogP contribution in [-0.4, -0.2) is 55.2 Å². The highest BCUT2D eigenvalue weighted by atomic mass is 16.4. The van der Waals surface area contributed by atoms with Crippen LogP contribution in [0.15, 0.2) is 0 Å². The van der Waals surface area contributed by atoms with Crippen LogP contribution < -0.4 is 10.6 Å². The monoisotopic (exact) mass is 287 g/mol. The Morgan fingerprint density at radius 3 is 2.25 bits per heavy atom. The summed E-state index contributed by atoms with van der Waals surface area (Å²) in [6.07, 6.45) is 1.39. The molecule has 2 unspecified atom stereocenters. The minimum Gasteiger partial charge on any atom is -0.481 e. The molecule has 0 aliphatic rings. The van der Waals surface area contributed by atoms with Crippen molar-refractivity contribution in [1.82, 2.24) is 15.5 Å². The summed E-state index contributed by atoms with van der Waals surface area (Å²) in [6, 6.07) is -0.230. The molecule has 0 bridgehead atoms. The standard InChI is InChI=1S/C14H29N3O3/c1-6-11(13(18)19)8-15-14(20)16-12(7-10(2)3)9-17(4)5/h10-12H,6-9H2,1-5H3,(H,18,19)(H2,15,16,20). The van der Waals surface area contributed by atoms with Gasteiger partial charge in [0, 0.05) is 19.1 Å². The molecule has 20 heavy (non-hydrogen) atoms. The van der Waals surface area contributed by atoms with Crippen LogP contribution in [0, 0.1) is 11.8 Å². The molecule has 0 fully saturated rings. The first-order chi connectivity index (χ1) is 9.26. The summed E-state index contributed by atoms with van der Waals surface area (Å²) >= 11 is 0. The maximum absolute atomic E-state index is 11.8. The number of aliphatic carboxylic acids is 1. The lowest BCUT2D eigenvalue weighted by molar-refractivity contribution is -0.141. The zero-order valence-electron chi connectivity index (χ0n) is 13.3. The number of nitrogens with one attached hydrogen (secondary N) is 2. The Hall–Kier alpha value is -1.30. The Kier molecular flexibility index (Phi) is 8.96. The maximum Gasteiger partial charge on any atom is 0.315 e. The van der Waals surface area contributed by atoms with Gasteiger partial charge in [0.1, 0.15) is 0 Å². The van der Waals surface area contributed by atoms with E-state index < -0.39 is 11.9 Å². The fourth-order valence-electron chi connectivity index (χ4n) is 2.05. The second-order valence-corrected chi connectivity index (χ2v) is 5.89. The van der Waals surface area contributed by atoms with Gasteiger partial charge in [-0.25, -0.2) is 4.79 Å². The molecule has 0 radical (unpaired) electrons. The van der Waals surface area contributed by atoms with E-state index in [4.69, 9.17) is 5.11 Å². The highest BCUT2D eigenvalue weighted by Crippen LogP contribution is 2.06. The highest BCUT2D eigenvalue weighted by molar-refractivity contribution is 5.76. The van der Waals surface area contributed by atoms with Crippen LogP contribution in [0.2, 0.25) is 0 Å². The van der Waals surface area contributed by atoms with Crippen LogP contribution in [-0.2, 0) is 4.79 Å². The summed E-state index contributed by atoms with van der Waals surface area (Å²) in [5.41, 5.74) is 0. The topological polar surface area (TPSA) is 81.7 Å². The van der Waals surface area contributed by atoms with E-state index >= 15 is 0 Å². The first-order valence-electron chi connectivity index (χ1n) is 7.18. The molecule has 0 aliphatic heterocycles. The Morgan fingerprint density at radius 1 is 1.25 bits per heavy atom. The van der Waals surface area contributed by atoms with Crippen LogP contribution in [0.25, 0.3) is 0 Å². The normalized spacial score (nSPS) is 14.2. The number of amides is 2. The molecule has 6 nitrogen and oxygen atoms in total. The Bertz CT molecular complexity index is 296. The van der Waals surface area contributed by atoms with Crippen molar-refractivity contribution in [2.75, 3.05) is 27.2 Å². The molecule has 0 aromatic heterocycles. The second kappa shape index (κ2) is 9.58. The van der Waals surface area contributed by atoms with Gasteiger partial charge in [-0.05, 0) is 32.9 Å². The van der Waals surface area contributed by atoms with Gasteiger partial charge >= 0.3 is 12.0 Å². The number of carboxylic acid groups (broad SMARTS) is 1. The number of hydrogen-bond acceptors (Lipinski definition) is 3. The Balaban J connectivity index is 4.27. The third kappa shape index (κ3) is 8.74. The quantitative estimate of drug-likeness (QED) is 0.598.